The Kier molecular flexibility index (Phi) is 2.62. The van der Waals surface area contributed by atoms with Gasteiger partial charge in [-0.15, -0.1) is 0 Å². The molecule has 16 heavy (non-hydrogen) atoms. The molecule has 6 heteroatoms. The summed E-state index contributed by atoms with van der Waals surface area (Å²) in [5.41, 5.74) is 0.493. The minimum Gasteiger partial charge on any atom is -0.277 e. The summed E-state index contributed by atoms with van der Waals surface area (Å²) in [7, 11) is 0. The first kappa shape index (κ1) is 10.6. The second kappa shape index (κ2) is 3.94. The average molecular weight is 239 g/mol. The van der Waals surface area contributed by atoms with E-state index in [1.165, 1.54) is 0 Å². The molecule has 1 saturated heterocycles. The molecule has 1 aromatic carbocycles. The Morgan fingerprint density at radius 2 is 1.44 bits per heavy atom. The number of nitrogens with one attached hydrogen (secondary N) is 2. The molecule has 1 aliphatic rings. The lowest BCUT2D eigenvalue weighted by Gasteiger charge is -2.20. The zero-order valence-corrected chi connectivity index (χ0v) is 8.75. The summed E-state index contributed by atoms with van der Waals surface area (Å²) in [6.07, 6.45) is 0. The predicted octanol–water partition coefficient (Wildman–Crippen LogP) is 0.790. The number of benzene rings is 1. The Bertz CT molecular complexity index is 449. The molecule has 82 valence electrons. The van der Waals surface area contributed by atoms with Gasteiger partial charge in [0.05, 0.1) is 0 Å². The highest BCUT2D eigenvalue weighted by molar-refractivity contribution is 6.30. The summed E-state index contributed by atoms with van der Waals surface area (Å²) in [5.74, 6) is -2.26. The van der Waals surface area contributed by atoms with Crippen molar-refractivity contribution in [2.45, 2.75) is 5.92 Å². The van der Waals surface area contributed by atoms with E-state index in [1.54, 1.807) is 24.3 Å². The molecular formula is C10H7ClN2O3. The number of urea groups is 1. The van der Waals surface area contributed by atoms with Crippen LogP contribution in [0.25, 0.3) is 0 Å². The van der Waals surface area contributed by atoms with Crippen molar-refractivity contribution in [1.82, 2.24) is 10.6 Å². The van der Waals surface area contributed by atoms with E-state index in [0.29, 0.717) is 10.6 Å². The second-order valence-electron chi connectivity index (χ2n) is 3.29. The lowest BCUT2D eigenvalue weighted by atomic mass is 9.96. The van der Waals surface area contributed by atoms with Crippen LogP contribution < -0.4 is 10.6 Å². The topological polar surface area (TPSA) is 75.3 Å². The number of carbonyl (C=O) groups is 3. The number of imide groups is 2. The van der Waals surface area contributed by atoms with E-state index in [9.17, 15) is 14.4 Å². The van der Waals surface area contributed by atoms with Gasteiger partial charge in [0.15, 0.2) is 0 Å². The molecule has 0 saturated carbocycles. The quantitative estimate of drug-likeness (QED) is 0.711. The van der Waals surface area contributed by atoms with Crippen molar-refractivity contribution in [2.24, 2.45) is 0 Å². The molecule has 0 unspecified atom stereocenters. The van der Waals surface area contributed by atoms with E-state index in [0.717, 1.165) is 0 Å². The summed E-state index contributed by atoms with van der Waals surface area (Å²) >= 11 is 5.69. The van der Waals surface area contributed by atoms with E-state index in [-0.39, 0.29) is 0 Å². The highest BCUT2D eigenvalue weighted by Crippen LogP contribution is 2.20. The van der Waals surface area contributed by atoms with Crippen molar-refractivity contribution in [3.63, 3.8) is 0 Å². The molecule has 0 radical (unpaired) electrons. The molecule has 2 rings (SSSR count). The van der Waals surface area contributed by atoms with E-state index in [1.807, 2.05) is 10.6 Å². The maximum absolute atomic E-state index is 11.5. The van der Waals surface area contributed by atoms with Crippen molar-refractivity contribution in [3.8, 4) is 0 Å². The fraction of sp³-hybridized carbons (Fsp3) is 0.100. The van der Waals surface area contributed by atoms with Gasteiger partial charge in [0.25, 0.3) is 0 Å². The van der Waals surface area contributed by atoms with Gasteiger partial charge in [0.1, 0.15) is 5.92 Å². The maximum Gasteiger partial charge on any atom is 0.328 e. The van der Waals surface area contributed by atoms with Crippen molar-refractivity contribution >= 4 is 29.4 Å². The van der Waals surface area contributed by atoms with Gasteiger partial charge in [0.2, 0.25) is 11.8 Å². The van der Waals surface area contributed by atoms with Crippen LogP contribution in [-0.4, -0.2) is 17.8 Å². The molecule has 0 aromatic heterocycles. The maximum atomic E-state index is 11.5. The zero-order chi connectivity index (χ0) is 11.7. The Hall–Kier alpha value is -1.88. The van der Waals surface area contributed by atoms with Crippen molar-refractivity contribution in [1.29, 1.82) is 0 Å². The molecular weight excluding hydrogens is 232 g/mol. The highest BCUT2D eigenvalue weighted by Gasteiger charge is 2.35. The minimum atomic E-state index is -1.00. The third-order valence-corrected chi connectivity index (χ3v) is 2.45. The molecule has 0 spiro atoms. The van der Waals surface area contributed by atoms with Crippen LogP contribution in [0.15, 0.2) is 24.3 Å². The Morgan fingerprint density at radius 1 is 0.938 bits per heavy atom. The molecule has 1 aromatic rings. The van der Waals surface area contributed by atoms with Gasteiger partial charge in [-0.3, -0.25) is 20.2 Å². The summed E-state index contributed by atoms with van der Waals surface area (Å²) < 4.78 is 0. The molecule has 0 aliphatic carbocycles. The number of amides is 4. The monoisotopic (exact) mass is 238 g/mol. The van der Waals surface area contributed by atoms with Crippen LogP contribution in [0.2, 0.25) is 5.02 Å². The lowest BCUT2D eigenvalue weighted by Crippen LogP contribution is -2.54. The van der Waals surface area contributed by atoms with Gasteiger partial charge in [-0.2, -0.15) is 0 Å². The summed E-state index contributed by atoms with van der Waals surface area (Å²) in [6, 6.07) is 5.51. The number of carbonyl (C=O) groups excluding carboxylic acids is 3. The highest BCUT2D eigenvalue weighted by atomic mass is 35.5. The summed E-state index contributed by atoms with van der Waals surface area (Å²) in [6.45, 7) is 0. The van der Waals surface area contributed by atoms with Gasteiger partial charge >= 0.3 is 6.03 Å². The smallest absolute Gasteiger partial charge is 0.277 e. The number of barbiturate groups is 1. The van der Waals surface area contributed by atoms with Crippen molar-refractivity contribution in [2.75, 3.05) is 0 Å². The number of halogens is 1. The number of rotatable bonds is 1. The van der Waals surface area contributed by atoms with Crippen molar-refractivity contribution < 1.29 is 14.4 Å². The number of hydrogen-bond acceptors (Lipinski definition) is 3. The van der Waals surface area contributed by atoms with Crippen LogP contribution in [0.1, 0.15) is 11.5 Å². The van der Waals surface area contributed by atoms with Crippen molar-refractivity contribution in [3.05, 3.63) is 34.9 Å². The molecule has 0 bridgehead atoms. The van der Waals surface area contributed by atoms with Gasteiger partial charge in [-0.05, 0) is 17.7 Å². The van der Waals surface area contributed by atoms with Gasteiger partial charge in [-0.1, -0.05) is 23.7 Å². The third kappa shape index (κ3) is 1.90. The first-order chi connectivity index (χ1) is 7.58. The normalized spacial score (nSPS) is 16.9. The molecule has 1 heterocycles. The minimum absolute atomic E-state index is 0.493. The Morgan fingerprint density at radius 3 is 1.94 bits per heavy atom. The van der Waals surface area contributed by atoms with Crippen LogP contribution in [-0.2, 0) is 9.59 Å². The Labute approximate surface area is 95.8 Å². The van der Waals surface area contributed by atoms with Crippen LogP contribution in [0.3, 0.4) is 0 Å². The predicted molar refractivity (Wildman–Crippen MR) is 55.9 cm³/mol. The van der Waals surface area contributed by atoms with Gasteiger partial charge in [-0.25, -0.2) is 4.79 Å². The molecule has 2 N–H and O–H groups in total. The van der Waals surface area contributed by atoms with Crippen LogP contribution in [0, 0.1) is 0 Å². The standard InChI is InChI=1S/C10H7ClN2O3/c11-6-3-1-5(2-4-6)7-8(14)12-10(16)13-9(7)15/h1-4,7H,(H2,12,13,14,15,16). The Balaban J connectivity index is 2.32. The second-order valence-corrected chi connectivity index (χ2v) is 3.73. The van der Waals surface area contributed by atoms with Crippen LogP contribution in [0.4, 0.5) is 4.79 Å². The fourth-order valence-corrected chi connectivity index (χ4v) is 1.60. The van der Waals surface area contributed by atoms with Gasteiger partial charge < -0.3 is 0 Å². The van der Waals surface area contributed by atoms with Crippen LogP contribution >= 0.6 is 11.6 Å². The SMILES string of the molecule is O=C1NC(=O)C(c2ccc(Cl)cc2)C(=O)N1. The van der Waals surface area contributed by atoms with E-state index in [2.05, 4.69) is 0 Å². The lowest BCUT2D eigenvalue weighted by molar-refractivity contribution is -0.132. The molecule has 0 atom stereocenters. The molecule has 1 aliphatic heterocycles. The third-order valence-electron chi connectivity index (χ3n) is 2.20. The van der Waals surface area contributed by atoms with E-state index in [4.69, 9.17) is 11.6 Å². The first-order valence-corrected chi connectivity index (χ1v) is 4.87. The summed E-state index contributed by atoms with van der Waals surface area (Å²) in [5, 5.41) is 4.57. The first-order valence-electron chi connectivity index (χ1n) is 4.49. The molecule has 5 nitrogen and oxygen atoms in total. The fourth-order valence-electron chi connectivity index (χ4n) is 1.48. The molecule has 1 fully saturated rings. The average Bonchev–Trinajstić information content (AvgIpc) is 2.19. The zero-order valence-electron chi connectivity index (χ0n) is 7.99. The van der Waals surface area contributed by atoms with Gasteiger partial charge in [0, 0.05) is 5.02 Å². The largest absolute Gasteiger partial charge is 0.328 e. The summed E-state index contributed by atoms with van der Waals surface area (Å²) in [4.78, 5) is 33.8. The number of hydrogen-bond donors (Lipinski definition) is 2. The van der Waals surface area contributed by atoms with E-state index >= 15 is 0 Å². The van der Waals surface area contributed by atoms with E-state index < -0.39 is 23.8 Å². The molecule has 4 amide bonds. The van der Waals surface area contributed by atoms with Crippen LogP contribution in [0.5, 0.6) is 0 Å².